The van der Waals surface area contributed by atoms with E-state index in [0.29, 0.717) is 5.75 Å². The Morgan fingerprint density at radius 3 is 2.50 bits per heavy atom. The molecule has 0 radical (unpaired) electrons. The maximum atomic E-state index is 12.4. The SMILES string of the molecule is C[C@@H](Oc1ccccc1)C(=O)N[C@@H]1C(=O)N2[C@@H]1SC(C)(C)[C@@H]2C(=O)O.[KH]. The molecule has 2 heterocycles. The van der Waals surface area contributed by atoms with Crippen molar-refractivity contribution in [3.63, 3.8) is 0 Å². The molecule has 2 amide bonds. The molecule has 2 saturated heterocycles. The van der Waals surface area contributed by atoms with Gasteiger partial charge in [-0.1, -0.05) is 18.2 Å². The molecule has 0 saturated carbocycles. The van der Waals surface area contributed by atoms with Gasteiger partial charge in [-0.25, -0.2) is 4.79 Å². The van der Waals surface area contributed by atoms with E-state index >= 15 is 0 Å². The number of carboxylic acid groups (broad SMARTS) is 1. The molecule has 0 aliphatic carbocycles. The van der Waals surface area contributed by atoms with E-state index in [1.54, 1.807) is 45.0 Å². The topological polar surface area (TPSA) is 95.9 Å². The molecule has 4 atom stereocenters. The quantitative estimate of drug-likeness (QED) is 0.546. The summed E-state index contributed by atoms with van der Waals surface area (Å²) in [6, 6.07) is 7.33. The summed E-state index contributed by atoms with van der Waals surface area (Å²) in [5.41, 5.74) is 0. The Hall–Kier alpha value is -0.584. The molecule has 2 fully saturated rings. The molecule has 2 aliphatic heterocycles. The number of carboxylic acids is 1. The van der Waals surface area contributed by atoms with Gasteiger partial charge in [0.2, 0.25) is 5.91 Å². The molecule has 1 aromatic rings. The number of thioether (sulfide) groups is 1. The first kappa shape index (κ1) is 21.7. The fourth-order valence-electron chi connectivity index (χ4n) is 3.17. The second-order valence-electron chi connectivity index (χ2n) is 6.66. The van der Waals surface area contributed by atoms with Gasteiger partial charge in [0.05, 0.1) is 0 Å². The third-order valence-corrected chi connectivity index (χ3v) is 5.97. The van der Waals surface area contributed by atoms with E-state index in [1.807, 2.05) is 6.07 Å². The molecule has 2 N–H and O–H groups in total. The van der Waals surface area contributed by atoms with Gasteiger partial charge < -0.3 is 20.1 Å². The van der Waals surface area contributed by atoms with E-state index in [1.165, 1.54) is 16.7 Å². The predicted molar refractivity (Wildman–Crippen MR) is 99.3 cm³/mol. The summed E-state index contributed by atoms with van der Waals surface area (Å²) in [5.74, 6) is -1.23. The van der Waals surface area contributed by atoms with Crippen LogP contribution in [-0.4, -0.2) is 107 Å². The van der Waals surface area contributed by atoms with Crippen molar-refractivity contribution >= 4 is 80.9 Å². The van der Waals surface area contributed by atoms with Crippen LogP contribution in [0.3, 0.4) is 0 Å². The third-order valence-electron chi connectivity index (χ3n) is 4.40. The third kappa shape index (κ3) is 3.97. The molecule has 0 spiro atoms. The number of ether oxygens (including phenoxy) is 1. The number of fused-ring (bicyclic) bond motifs is 1. The minimum absolute atomic E-state index is 0. The Balaban J connectivity index is 0.00000243. The molecule has 2 aliphatic rings. The van der Waals surface area contributed by atoms with Gasteiger partial charge in [0.25, 0.3) is 5.91 Å². The second-order valence-corrected chi connectivity index (χ2v) is 8.43. The van der Waals surface area contributed by atoms with Crippen molar-refractivity contribution in [2.45, 2.75) is 49.1 Å². The summed E-state index contributed by atoms with van der Waals surface area (Å²) in [7, 11) is 0. The fraction of sp³-hybridized carbons (Fsp3) is 0.471. The average Bonchev–Trinajstić information content (AvgIpc) is 2.81. The van der Waals surface area contributed by atoms with Gasteiger partial charge in [-0.05, 0) is 32.9 Å². The van der Waals surface area contributed by atoms with Crippen molar-refractivity contribution < 1.29 is 24.2 Å². The van der Waals surface area contributed by atoms with Crippen molar-refractivity contribution in [3.05, 3.63) is 30.3 Å². The Morgan fingerprint density at radius 1 is 1.31 bits per heavy atom. The normalized spacial score (nSPS) is 26.8. The van der Waals surface area contributed by atoms with E-state index in [2.05, 4.69) is 5.32 Å². The predicted octanol–water partition coefficient (Wildman–Crippen LogP) is 0.437. The van der Waals surface area contributed by atoms with Gasteiger partial charge in [0.15, 0.2) is 6.10 Å². The molecular formula is C17H21KN2O5S. The van der Waals surface area contributed by atoms with Crippen LogP contribution in [0, 0.1) is 0 Å². The van der Waals surface area contributed by atoms with Gasteiger partial charge in [-0.2, -0.15) is 0 Å². The van der Waals surface area contributed by atoms with Crippen LogP contribution in [-0.2, 0) is 14.4 Å². The minimum atomic E-state index is -1.03. The summed E-state index contributed by atoms with van der Waals surface area (Å²) in [5, 5.41) is 11.7. The van der Waals surface area contributed by atoms with Gasteiger partial charge >= 0.3 is 57.4 Å². The van der Waals surface area contributed by atoms with Crippen LogP contribution in [0.5, 0.6) is 5.75 Å². The Morgan fingerprint density at radius 2 is 1.92 bits per heavy atom. The van der Waals surface area contributed by atoms with Crippen LogP contribution in [0.1, 0.15) is 20.8 Å². The van der Waals surface area contributed by atoms with Crippen LogP contribution in [0.25, 0.3) is 0 Å². The molecule has 1 aromatic carbocycles. The zero-order valence-corrected chi connectivity index (χ0v) is 14.9. The van der Waals surface area contributed by atoms with E-state index < -0.39 is 34.8 Å². The monoisotopic (exact) mass is 404 g/mol. The first-order valence-corrected chi connectivity index (χ1v) is 8.85. The molecule has 0 unspecified atom stereocenters. The number of amides is 2. The van der Waals surface area contributed by atoms with E-state index in [-0.39, 0.29) is 62.7 Å². The molecule has 0 aromatic heterocycles. The number of aliphatic carboxylic acids is 1. The molecule has 7 nitrogen and oxygen atoms in total. The summed E-state index contributed by atoms with van der Waals surface area (Å²) >= 11 is 1.39. The summed E-state index contributed by atoms with van der Waals surface area (Å²) < 4.78 is 4.94. The number of benzene rings is 1. The van der Waals surface area contributed by atoms with Crippen LogP contribution >= 0.6 is 11.8 Å². The maximum absolute atomic E-state index is 12.4. The van der Waals surface area contributed by atoms with Crippen LogP contribution in [0.15, 0.2) is 30.3 Å². The van der Waals surface area contributed by atoms with Gasteiger partial charge in [0, 0.05) is 4.75 Å². The number of nitrogens with zero attached hydrogens (tertiary/aromatic N) is 1. The number of carbonyl (C=O) groups is 3. The summed E-state index contributed by atoms with van der Waals surface area (Å²) in [6.45, 7) is 5.19. The second kappa shape index (κ2) is 8.20. The molecule has 0 bridgehead atoms. The fourth-order valence-corrected chi connectivity index (χ4v) is 4.80. The first-order chi connectivity index (χ1) is 11.7. The first-order valence-electron chi connectivity index (χ1n) is 7.97. The summed E-state index contributed by atoms with van der Waals surface area (Å²) in [6.07, 6.45) is -0.765. The summed E-state index contributed by atoms with van der Waals surface area (Å²) in [4.78, 5) is 37.5. The van der Waals surface area contributed by atoms with Gasteiger partial charge in [0.1, 0.15) is 23.2 Å². The number of hydrogen-bond acceptors (Lipinski definition) is 5. The number of para-hydroxylation sites is 1. The molecule has 26 heavy (non-hydrogen) atoms. The van der Waals surface area contributed by atoms with Crippen molar-refractivity contribution in [1.82, 2.24) is 10.2 Å². The molecule has 136 valence electrons. The van der Waals surface area contributed by atoms with Crippen molar-refractivity contribution in [2.24, 2.45) is 0 Å². The van der Waals surface area contributed by atoms with Crippen molar-refractivity contribution in [3.8, 4) is 5.75 Å². The van der Waals surface area contributed by atoms with Crippen LogP contribution < -0.4 is 10.1 Å². The Bertz CT molecular complexity index is 714. The number of rotatable bonds is 5. The Labute approximate surface area is 198 Å². The number of nitrogens with one attached hydrogen (secondary N) is 1. The van der Waals surface area contributed by atoms with Crippen LogP contribution in [0.2, 0.25) is 0 Å². The standard InChI is InChI=1S/C17H20N2O5S.K.H/c1-9(24-10-7-5-4-6-8-10)13(20)18-11-14(21)19-12(16(22)23)17(2,3)25-15(11)19;;/h4-9,11-12,15H,1-3H3,(H,18,20)(H,22,23);;/t9-,11-,12+,15-;;/m1../s1. The Kier molecular flexibility index (Phi) is 6.84. The van der Waals surface area contributed by atoms with Crippen molar-refractivity contribution in [2.75, 3.05) is 0 Å². The van der Waals surface area contributed by atoms with E-state index in [4.69, 9.17) is 4.74 Å². The van der Waals surface area contributed by atoms with Crippen LogP contribution in [0.4, 0.5) is 0 Å². The number of β-lactam (4-membered cyclic amide) rings is 1. The van der Waals surface area contributed by atoms with E-state index in [9.17, 15) is 19.5 Å². The van der Waals surface area contributed by atoms with E-state index in [0.717, 1.165) is 0 Å². The van der Waals surface area contributed by atoms with Gasteiger partial charge in [-0.3, -0.25) is 9.59 Å². The van der Waals surface area contributed by atoms with Gasteiger partial charge in [-0.15, -0.1) is 11.8 Å². The zero-order chi connectivity index (χ0) is 18.4. The average molecular weight is 405 g/mol. The zero-order valence-electron chi connectivity index (χ0n) is 14.1. The molecule has 3 rings (SSSR count). The molecular weight excluding hydrogens is 383 g/mol. The number of carbonyl (C=O) groups excluding carboxylic acids is 2. The molecule has 9 heteroatoms. The number of hydrogen-bond donors (Lipinski definition) is 2. The van der Waals surface area contributed by atoms with Crippen molar-refractivity contribution in [1.29, 1.82) is 0 Å².